The second-order valence-corrected chi connectivity index (χ2v) is 7.04. The molecule has 2 aliphatic rings. The van der Waals surface area contributed by atoms with Crippen molar-refractivity contribution in [3.63, 3.8) is 0 Å². The Bertz CT molecular complexity index is 971. The molecule has 4 rings (SSSR count). The lowest BCUT2D eigenvalue weighted by Gasteiger charge is -2.41. The van der Waals surface area contributed by atoms with E-state index in [1.165, 1.54) is 0 Å². The molecule has 0 fully saturated rings. The van der Waals surface area contributed by atoms with Gasteiger partial charge in [0.1, 0.15) is 0 Å². The predicted octanol–water partition coefficient (Wildman–Crippen LogP) is 3.01. The van der Waals surface area contributed by atoms with Gasteiger partial charge in [-0.15, -0.1) is 0 Å². The quantitative estimate of drug-likeness (QED) is 0.696. The van der Waals surface area contributed by atoms with Gasteiger partial charge in [0.25, 0.3) is 0 Å². The first-order valence-electron chi connectivity index (χ1n) is 9.44. The van der Waals surface area contributed by atoms with Gasteiger partial charge in [-0.25, -0.2) is 0 Å². The third-order valence-electron chi connectivity index (χ3n) is 5.90. The lowest BCUT2D eigenvalue weighted by atomic mass is 9.76. The molecule has 29 heavy (non-hydrogen) atoms. The Balaban J connectivity index is 2.12. The highest BCUT2D eigenvalue weighted by atomic mass is 16.5. The summed E-state index contributed by atoms with van der Waals surface area (Å²) < 4.78 is 28.3. The van der Waals surface area contributed by atoms with Gasteiger partial charge in [0.15, 0.2) is 23.0 Å². The highest BCUT2D eigenvalue weighted by molar-refractivity contribution is 5.87. The third kappa shape index (κ3) is 2.68. The zero-order valence-corrected chi connectivity index (χ0v) is 17.3. The molecule has 1 heterocycles. The zero-order chi connectivity index (χ0) is 20.7. The predicted molar refractivity (Wildman–Crippen MR) is 108 cm³/mol. The minimum Gasteiger partial charge on any atom is -0.493 e. The number of hydrogen-bond donors (Lipinski definition) is 0. The Morgan fingerprint density at radius 1 is 0.897 bits per heavy atom. The van der Waals surface area contributed by atoms with Gasteiger partial charge in [-0.05, 0) is 41.7 Å². The highest BCUT2D eigenvalue weighted by Gasteiger charge is 2.40. The van der Waals surface area contributed by atoms with Crippen molar-refractivity contribution < 1.29 is 28.5 Å². The van der Waals surface area contributed by atoms with Crippen LogP contribution in [0.25, 0.3) is 11.1 Å². The van der Waals surface area contributed by atoms with Gasteiger partial charge in [-0.3, -0.25) is 4.79 Å². The Kier molecular flexibility index (Phi) is 4.90. The molecule has 0 saturated heterocycles. The maximum atomic E-state index is 11.8. The molecule has 7 heteroatoms. The summed E-state index contributed by atoms with van der Waals surface area (Å²) in [6.45, 7) is 0.620. The van der Waals surface area contributed by atoms with Crippen molar-refractivity contribution in [3.05, 3.63) is 28.8 Å². The zero-order valence-electron chi connectivity index (χ0n) is 17.3. The van der Waals surface area contributed by atoms with E-state index >= 15 is 0 Å². The molecule has 0 N–H and O–H groups in total. The number of hydrogen-bond acceptors (Lipinski definition) is 6. The number of amides is 1. The molecule has 154 valence electrons. The molecular formula is C22H25NO6. The van der Waals surface area contributed by atoms with E-state index in [0.717, 1.165) is 34.2 Å². The highest BCUT2D eigenvalue weighted by Crippen LogP contribution is 2.57. The van der Waals surface area contributed by atoms with Crippen molar-refractivity contribution in [2.45, 2.75) is 18.9 Å². The van der Waals surface area contributed by atoms with Crippen LogP contribution in [-0.4, -0.2) is 53.4 Å². The molecule has 1 amide bonds. The van der Waals surface area contributed by atoms with E-state index in [0.29, 0.717) is 48.1 Å². The van der Waals surface area contributed by atoms with E-state index in [2.05, 4.69) is 0 Å². The van der Waals surface area contributed by atoms with E-state index in [1.807, 2.05) is 17.0 Å². The van der Waals surface area contributed by atoms with E-state index < -0.39 is 0 Å². The minimum absolute atomic E-state index is 0.106. The molecule has 2 aromatic rings. The largest absolute Gasteiger partial charge is 0.493 e. The second-order valence-electron chi connectivity index (χ2n) is 7.04. The van der Waals surface area contributed by atoms with E-state index in [9.17, 15) is 4.79 Å². The average molecular weight is 399 g/mol. The van der Waals surface area contributed by atoms with E-state index in [1.54, 1.807) is 35.5 Å². The average Bonchev–Trinajstić information content (AvgIpc) is 2.77. The second kappa shape index (κ2) is 7.39. The molecule has 0 radical (unpaired) electrons. The fraction of sp³-hybridized carbons (Fsp3) is 0.409. The van der Waals surface area contributed by atoms with Crippen molar-refractivity contribution >= 4 is 6.41 Å². The first-order chi connectivity index (χ1) is 14.1. The third-order valence-corrected chi connectivity index (χ3v) is 5.90. The molecule has 0 aromatic heterocycles. The number of ether oxygens (including phenoxy) is 5. The molecule has 7 nitrogen and oxygen atoms in total. The van der Waals surface area contributed by atoms with Gasteiger partial charge in [0.05, 0.1) is 41.6 Å². The number of nitrogens with zero attached hydrogens (tertiary/aromatic N) is 1. The Morgan fingerprint density at radius 2 is 1.55 bits per heavy atom. The maximum Gasteiger partial charge on any atom is 0.210 e. The number of rotatable bonds is 6. The van der Waals surface area contributed by atoms with Crippen LogP contribution < -0.4 is 23.7 Å². The Labute approximate surface area is 170 Å². The normalized spacial score (nSPS) is 16.4. The van der Waals surface area contributed by atoms with Gasteiger partial charge >= 0.3 is 0 Å². The molecule has 0 spiro atoms. The van der Waals surface area contributed by atoms with Crippen molar-refractivity contribution in [2.75, 3.05) is 42.1 Å². The summed E-state index contributed by atoms with van der Waals surface area (Å²) in [5.41, 5.74) is 5.08. The van der Waals surface area contributed by atoms with Crippen molar-refractivity contribution in [1.29, 1.82) is 0 Å². The number of benzene rings is 2. The van der Waals surface area contributed by atoms with Gasteiger partial charge in [0.2, 0.25) is 12.2 Å². The fourth-order valence-electron chi connectivity index (χ4n) is 4.67. The van der Waals surface area contributed by atoms with Crippen LogP contribution in [0.5, 0.6) is 28.7 Å². The van der Waals surface area contributed by atoms with Gasteiger partial charge < -0.3 is 28.6 Å². The Morgan fingerprint density at radius 3 is 2.14 bits per heavy atom. The first kappa shape index (κ1) is 19.2. The monoisotopic (exact) mass is 399 g/mol. The van der Waals surface area contributed by atoms with Crippen LogP contribution in [0.15, 0.2) is 12.1 Å². The van der Waals surface area contributed by atoms with Crippen LogP contribution in [0.4, 0.5) is 0 Å². The molecule has 1 aliphatic heterocycles. The van der Waals surface area contributed by atoms with Crippen LogP contribution in [0, 0.1) is 0 Å². The van der Waals surface area contributed by atoms with Crippen LogP contribution in [0.3, 0.4) is 0 Å². The van der Waals surface area contributed by atoms with E-state index in [-0.39, 0.29) is 6.04 Å². The number of carbonyl (C=O) groups excluding carboxylic acids is 1. The molecule has 1 aliphatic carbocycles. The summed E-state index contributed by atoms with van der Waals surface area (Å²) in [6.07, 6.45) is 2.28. The number of methoxy groups -OCH3 is 5. The topological polar surface area (TPSA) is 66.5 Å². The summed E-state index contributed by atoms with van der Waals surface area (Å²) in [6, 6.07) is 3.84. The van der Waals surface area contributed by atoms with Crippen LogP contribution >= 0.6 is 0 Å². The molecule has 1 unspecified atom stereocenters. The van der Waals surface area contributed by atoms with Crippen LogP contribution in [0.1, 0.15) is 22.7 Å². The van der Waals surface area contributed by atoms with Gasteiger partial charge in [0, 0.05) is 17.7 Å². The van der Waals surface area contributed by atoms with Gasteiger partial charge in [-0.2, -0.15) is 0 Å². The summed E-state index contributed by atoms with van der Waals surface area (Å²) in [5, 5.41) is 0. The van der Waals surface area contributed by atoms with Crippen molar-refractivity contribution in [3.8, 4) is 39.9 Å². The molecule has 2 aromatic carbocycles. The molecular weight excluding hydrogens is 374 g/mol. The Hall–Kier alpha value is -3.09. The van der Waals surface area contributed by atoms with Crippen LogP contribution in [0.2, 0.25) is 0 Å². The summed E-state index contributed by atoms with van der Waals surface area (Å²) in [7, 11) is 8.09. The summed E-state index contributed by atoms with van der Waals surface area (Å²) in [5.74, 6) is 3.11. The number of carbonyl (C=O) groups is 1. The smallest absolute Gasteiger partial charge is 0.210 e. The lowest BCUT2D eigenvalue weighted by Crippen LogP contribution is -2.37. The molecule has 0 saturated carbocycles. The van der Waals surface area contributed by atoms with Crippen molar-refractivity contribution in [1.82, 2.24) is 4.90 Å². The summed E-state index contributed by atoms with van der Waals surface area (Å²) in [4.78, 5) is 13.7. The fourth-order valence-corrected chi connectivity index (χ4v) is 4.67. The maximum absolute atomic E-state index is 11.8. The minimum atomic E-state index is -0.106. The summed E-state index contributed by atoms with van der Waals surface area (Å²) >= 11 is 0. The standard InChI is InChI=1S/C22H25NO6/c1-25-16-9-12-8-15-18-13(6-7-23(15)11-24)20(27-3)22(29-5)21(28-4)19(18)14(12)10-17(16)26-2/h9-11,15H,6-8H2,1-5H3. The first-order valence-corrected chi connectivity index (χ1v) is 9.44. The lowest BCUT2D eigenvalue weighted by molar-refractivity contribution is -0.120. The number of fused-ring (bicyclic) bond motifs is 2. The molecule has 1 atom stereocenters. The van der Waals surface area contributed by atoms with Crippen molar-refractivity contribution in [2.24, 2.45) is 0 Å². The van der Waals surface area contributed by atoms with Crippen LogP contribution in [-0.2, 0) is 17.6 Å². The SMILES string of the molecule is COc1cc2c(cc1OC)-c1c(OC)c(OC)c(OC)c3c1C(C2)N(C=O)CC3. The molecule has 0 bridgehead atoms. The van der Waals surface area contributed by atoms with E-state index in [4.69, 9.17) is 23.7 Å². The van der Waals surface area contributed by atoms with Gasteiger partial charge in [-0.1, -0.05) is 0 Å².